The number of carbonyl (C=O) groups is 1. The lowest BCUT2D eigenvalue weighted by Crippen LogP contribution is -2.28. The van der Waals surface area contributed by atoms with Crippen LogP contribution in [-0.4, -0.2) is 22.7 Å². The first-order chi connectivity index (χ1) is 12.7. The second-order valence-electron chi connectivity index (χ2n) is 5.93. The minimum Gasteiger partial charge on any atom is -0.392 e. The fraction of sp³-hybridized carbons (Fsp3) is 0.200. The minimum absolute atomic E-state index is 0.0116. The Morgan fingerprint density at radius 1 is 1.15 bits per heavy atom. The van der Waals surface area contributed by atoms with Gasteiger partial charge in [0.25, 0.3) is 0 Å². The summed E-state index contributed by atoms with van der Waals surface area (Å²) in [6.45, 7) is 2.82. The van der Waals surface area contributed by atoms with E-state index < -0.39 is 0 Å². The van der Waals surface area contributed by atoms with Crippen LogP contribution < -0.4 is 16.4 Å². The zero-order chi connectivity index (χ0) is 18.5. The highest BCUT2D eigenvalue weighted by molar-refractivity contribution is 6.00. The van der Waals surface area contributed by atoms with Gasteiger partial charge < -0.3 is 16.2 Å². The second kappa shape index (κ2) is 7.95. The highest BCUT2D eigenvalue weighted by Gasteiger charge is 2.10. The summed E-state index contributed by atoms with van der Waals surface area (Å²) in [4.78, 5) is 16.1. The van der Waals surface area contributed by atoms with Crippen molar-refractivity contribution in [3.8, 4) is 11.1 Å². The van der Waals surface area contributed by atoms with Crippen LogP contribution >= 0.6 is 0 Å². The summed E-state index contributed by atoms with van der Waals surface area (Å²) in [5, 5.41) is 16.6. The van der Waals surface area contributed by atoms with E-state index in [2.05, 4.69) is 15.6 Å². The van der Waals surface area contributed by atoms with Crippen LogP contribution in [0.15, 0.2) is 48.7 Å². The highest BCUT2D eigenvalue weighted by Crippen LogP contribution is 2.32. The molecule has 6 heteroatoms. The van der Waals surface area contributed by atoms with Crippen LogP contribution in [0.25, 0.3) is 21.9 Å². The van der Waals surface area contributed by atoms with Crippen LogP contribution in [0.4, 0.5) is 10.6 Å². The molecule has 1 heterocycles. The van der Waals surface area contributed by atoms with Gasteiger partial charge >= 0.3 is 6.03 Å². The van der Waals surface area contributed by atoms with Crippen molar-refractivity contribution in [2.24, 2.45) is 5.73 Å². The predicted octanol–water partition coefficient (Wildman–Crippen LogP) is 2.99. The van der Waals surface area contributed by atoms with Gasteiger partial charge in [0.2, 0.25) is 0 Å². The smallest absolute Gasteiger partial charge is 0.320 e. The summed E-state index contributed by atoms with van der Waals surface area (Å²) < 4.78 is 0. The predicted molar refractivity (Wildman–Crippen MR) is 104 cm³/mol. The molecule has 0 aliphatic heterocycles. The summed E-state index contributed by atoms with van der Waals surface area (Å²) in [6.07, 6.45) is 1.74. The molecule has 3 rings (SSSR count). The van der Waals surface area contributed by atoms with Crippen molar-refractivity contribution in [3.05, 3.63) is 59.8 Å². The van der Waals surface area contributed by atoms with Crippen molar-refractivity contribution in [2.45, 2.75) is 20.1 Å². The van der Waals surface area contributed by atoms with Crippen LogP contribution in [0.5, 0.6) is 0 Å². The molecule has 26 heavy (non-hydrogen) atoms. The number of nitrogens with one attached hydrogen (secondary N) is 2. The zero-order valence-electron chi connectivity index (χ0n) is 14.6. The van der Waals surface area contributed by atoms with Gasteiger partial charge in [0.15, 0.2) is 0 Å². The number of aliphatic hydroxyl groups excluding tert-OH is 1. The number of benzene rings is 2. The Balaban J connectivity index is 2.10. The Hall–Kier alpha value is -2.96. The first kappa shape index (κ1) is 17.8. The van der Waals surface area contributed by atoms with Gasteiger partial charge in [-0.2, -0.15) is 0 Å². The van der Waals surface area contributed by atoms with Gasteiger partial charge in [-0.1, -0.05) is 36.4 Å². The molecule has 0 aliphatic carbocycles. The number of nitrogens with two attached hydrogens (primary N) is 1. The lowest BCUT2D eigenvalue weighted by molar-refractivity contribution is 0.252. The van der Waals surface area contributed by atoms with Crippen LogP contribution in [0.2, 0.25) is 0 Å². The van der Waals surface area contributed by atoms with Crippen molar-refractivity contribution in [2.75, 3.05) is 11.9 Å². The van der Waals surface area contributed by atoms with E-state index in [9.17, 15) is 9.90 Å². The molecule has 0 atom stereocenters. The van der Waals surface area contributed by atoms with E-state index in [1.807, 2.05) is 49.4 Å². The molecule has 0 spiro atoms. The largest absolute Gasteiger partial charge is 0.392 e. The van der Waals surface area contributed by atoms with E-state index >= 15 is 0 Å². The molecule has 3 aromatic rings. The Bertz CT molecular complexity index is 923. The standard InChI is InChI=1S/C20H22N4O2/c1-2-22-20(26)24-19-9-17-16(14-5-3-13(12-25)4-6-14)8-7-15(10-21)18(17)11-23-19/h3-9,11,25H,2,10,12,21H2,1H3,(H2,22,23,24,26). The number of aliphatic hydroxyl groups is 1. The van der Waals surface area contributed by atoms with E-state index in [0.29, 0.717) is 18.9 Å². The van der Waals surface area contributed by atoms with Crippen molar-refractivity contribution in [3.63, 3.8) is 0 Å². The van der Waals surface area contributed by atoms with Gasteiger partial charge in [0.05, 0.1) is 6.61 Å². The van der Waals surface area contributed by atoms with Crippen molar-refractivity contribution in [1.82, 2.24) is 10.3 Å². The van der Waals surface area contributed by atoms with E-state index in [0.717, 1.165) is 33.0 Å². The molecule has 2 amide bonds. The molecule has 134 valence electrons. The molecule has 0 saturated heterocycles. The third-order valence-corrected chi connectivity index (χ3v) is 4.24. The van der Waals surface area contributed by atoms with Crippen LogP contribution in [0.1, 0.15) is 18.1 Å². The number of fused-ring (bicyclic) bond motifs is 1. The average Bonchev–Trinajstić information content (AvgIpc) is 2.67. The number of hydrogen-bond donors (Lipinski definition) is 4. The Labute approximate surface area is 152 Å². The highest BCUT2D eigenvalue weighted by atomic mass is 16.3. The zero-order valence-corrected chi connectivity index (χ0v) is 14.6. The second-order valence-corrected chi connectivity index (χ2v) is 5.93. The molecule has 0 bridgehead atoms. The van der Waals surface area contributed by atoms with E-state index in [1.54, 1.807) is 6.20 Å². The maximum Gasteiger partial charge on any atom is 0.320 e. The summed E-state index contributed by atoms with van der Waals surface area (Å²) in [5.74, 6) is 0.478. The molecule has 2 aromatic carbocycles. The number of amides is 2. The molecule has 6 nitrogen and oxygen atoms in total. The van der Waals surface area contributed by atoms with Gasteiger partial charge in [-0.05, 0) is 40.6 Å². The first-order valence-electron chi connectivity index (χ1n) is 8.53. The maximum absolute atomic E-state index is 11.8. The molecule has 0 saturated carbocycles. The van der Waals surface area contributed by atoms with E-state index in [1.165, 1.54) is 0 Å². The number of carbonyl (C=O) groups excluding carboxylic acids is 1. The minimum atomic E-state index is -0.289. The van der Waals surface area contributed by atoms with E-state index in [-0.39, 0.29) is 12.6 Å². The first-order valence-corrected chi connectivity index (χ1v) is 8.53. The molecule has 5 N–H and O–H groups in total. The van der Waals surface area contributed by atoms with Crippen LogP contribution in [-0.2, 0) is 13.2 Å². The lowest BCUT2D eigenvalue weighted by atomic mass is 9.95. The summed E-state index contributed by atoms with van der Waals surface area (Å²) in [6, 6.07) is 13.3. The summed E-state index contributed by atoms with van der Waals surface area (Å²) >= 11 is 0. The Morgan fingerprint density at radius 2 is 1.92 bits per heavy atom. The number of nitrogens with zero attached hydrogens (tertiary/aromatic N) is 1. The molecule has 1 aromatic heterocycles. The molecule has 0 aliphatic rings. The fourth-order valence-corrected chi connectivity index (χ4v) is 2.91. The van der Waals surface area contributed by atoms with Crippen molar-refractivity contribution < 1.29 is 9.90 Å². The maximum atomic E-state index is 11.8. The lowest BCUT2D eigenvalue weighted by Gasteiger charge is -2.13. The van der Waals surface area contributed by atoms with Gasteiger partial charge in [0.1, 0.15) is 5.82 Å². The Morgan fingerprint density at radius 3 is 2.58 bits per heavy atom. The normalized spacial score (nSPS) is 10.7. The topological polar surface area (TPSA) is 100 Å². The molecular weight excluding hydrogens is 328 g/mol. The van der Waals surface area contributed by atoms with Gasteiger partial charge in [-0.25, -0.2) is 9.78 Å². The number of urea groups is 1. The molecular formula is C20H22N4O2. The quantitative estimate of drug-likeness (QED) is 0.568. The van der Waals surface area contributed by atoms with Crippen molar-refractivity contribution >= 4 is 22.6 Å². The third-order valence-electron chi connectivity index (χ3n) is 4.24. The molecule has 0 unspecified atom stereocenters. The molecule has 0 radical (unpaired) electrons. The number of anilines is 1. The number of aromatic nitrogens is 1. The Kier molecular flexibility index (Phi) is 5.46. The average molecular weight is 350 g/mol. The summed E-state index contributed by atoms with van der Waals surface area (Å²) in [5.41, 5.74) is 9.75. The SMILES string of the molecule is CCNC(=O)Nc1cc2c(-c3ccc(CO)cc3)ccc(CN)c2cn1. The molecule has 0 fully saturated rings. The number of pyridine rings is 1. The monoisotopic (exact) mass is 350 g/mol. The number of hydrogen-bond acceptors (Lipinski definition) is 4. The fourth-order valence-electron chi connectivity index (χ4n) is 2.91. The van der Waals surface area contributed by atoms with Gasteiger partial charge in [0, 0.05) is 24.7 Å². The van der Waals surface area contributed by atoms with Crippen LogP contribution in [0.3, 0.4) is 0 Å². The number of rotatable bonds is 5. The van der Waals surface area contributed by atoms with E-state index in [4.69, 9.17) is 5.73 Å². The third kappa shape index (κ3) is 3.66. The van der Waals surface area contributed by atoms with Crippen molar-refractivity contribution in [1.29, 1.82) is 0 Å². The summed E-state index contributed by atoms with van der Waals surface area (Å²) in [7, 11) is 0. The van der Waals surface area contributed by atoms with Gasteiger partial charge in [-0.15, -0.1) is 0 Å². The van der Waals surface area contributed by atoms with Gasteiger partial charge in [-0.3, -0.25) is 5.32 Å². The van der Waals surface area contributed by atoms with Crippen LogP contribution in [0, 0.1) is 0 Å².